The molecule has 0 saturated carbocycles. The Bertz CT molecular complexity index is 470. The van der Waals surface area contributed by atoms with E-state index < -0.39 is 0 Å². The molecular formula is C9H11N5O. The van der Waals surface area contributed by atoms with Crippen LogP contribution in [0.3, 0.4) is 0 Å². The van der Waals surface area contributed by atoms with Crippen LogP contribution in [0.15, 0.2) is 16.9 Å². The molecule has 0 amide bonds. The molecule has 0 bridgehead atoms. The van der Waals surface area contributed by atoms with Gasteiger partial charge in [0.05, 0.1) is 17.9 Å². The maximum atomic E-state index is 5.34. The zero-order valence-electron chi connectivity index (χ0n) is 8.34. The third-order valence-electron chi connectivity index (χ3n) is 2.52. The van der Waals surface area contributed by atoms with Gasteiger partial charge in [-0.1, -0.05) is 5.21 Å². The molecule has 15 heavy (non-hydrogen) atoms. The molecule has 1 aliphatic heterocycles. The van der Waals surface area contributed by atoms with E-state index in [0.717, 1.165) is 24.5 Å². The number of aryl methyl sites for hydroxylation is 1. The van der Waals surface area contributed by atoms with Gasteiger partial charge in [-0.15, -0.1) is 5.10 Å². The Morgan fingerprint density at radius 3 is 3.00 bits per heavy atom. The second kappa shape index (κ2) is 3.16. The molecule has 2 aromatic rings. The van der Waals surface area contributed by atoms with Crippen LogP contribution in [0.4, 0.5) is 0 Å². The minimum absolute atomic E-state index is 0.370. The van der Waals surface area contributed by atoms with E-state index in [2.05, 4.69) is 20.6 Å². The fraction of sp³-hybridized carbons (Fsp3) is 0.444. The molecule has 6 heteroatoms. The summed E-state index contributed by atoms with van der Waals surface area (Å²) in [5.74, 6) is 0.587. The van der Waals surface area contributed by atoms with Crippen LogP contribution in [-0.4, -0.2) is 33.1 Å². The largest absolute Gasteiger partial charge is 0.443 e. The monoisotopic (exact) mass is 205 g/mol. The highest BCUT2D eigenvalue weighted by atomic mass is 16.3. The Hall–Kier alpha value is -1.69. The molecule has 0 spiro atoms. The number of aromatic nitrogens is 4. The van der Waals surface area contributed by atoms with Crippen LogP contribution < -0.4 is 5.32 Å². The first-order chi connectivity index (χ1) is 7.34. The molecule has 78 valence electrons. The maximum Gasteiger partial charge on any atom is 0.246 e. The van der Waals surface area contributed by atoms with Crippen molar-refractivity contribution in [1.82, 2.24) is 25.3 Å². The average Bonchev–Trinajstić information content (AvgIpc) is 2.70. The molecule has 0 unspecified atom stereocenters. The van der Waals surface area contributed by atoms with Crippen LogP contribution in [0.1, 0.15) is 11.7 Å². The standard InChI is InChI=1S/C9H11N5O/c1-6-5-15-9(12-6)8-4-11-13-14(8)7-2-10-3-7/h4-5,7,10H,2-3H2,1H3. The van der Waals surface area contributed by atoms with Crippen molar-refractivity contribution < 1.29 is 4.42 Å². The quantitative estimate of drug-likeness (QED) is 0.767. The van der Waals surface area contributed by atoms with Crippen LogP contribution in [0.2, 0.25) is 0 Å². The topological polar surface area (TPSA) is 68.8 Å². The molecule has 1 fully saturated rings. The van der Waals surface area contributed by atoms with Gasteiger partial charge in [-0.05, 0) is 6.92 Å². The first-order valence-electron chi connectivity index (χ1n) is 4.88. The first kappa shape index (κ1) is 8.60. The van der Waals surface area contributed by atoms with Crippen molar-refractivity contribution in [1.29, 1.82) is 0 Å². The zero-order chi connectivity index (χ0) is 10.3. The Labute approximate surface area is 86.3 Å². The van der Waals surface area contributed by atoms with Gasteiger partial charge in [-0.2, -0.15) is 0 Å². The summed E-state index contributed by atoms with van der Waals surface area (Å²) in [4.78, 5) is 4.27. The number of rotatable bonds is 2. The Kier molecular flexibility index (Phi) is 1.81. The van der Waals surface area contributed by atoms with Crippen molar-refractivity contribution in [2.75, 3.05) is 13.1 Å². The summed E-state index contributed by atoms with van der Waals surface area (Å²) in [6.45, 7) is 3.75. The number of hydrogen-bond donors (Lipinski definition) is 1. The summed E-state index contributed by atoms with van der Waals surface area (Å²) in [5.41, 5.74) is 1.71. The fourth-order valence-electron chi connectivity index (χ4n) is 1.58. The summed E-state index contributed by atoms with van der Waals surface area (Å²) in [7, 11) is 0. The van der Waals surface area contributed by atoms with Crippen molar-refractivity contribution in [3.63, 3.8) is 0 Å². The number of nitrogens with one attached hydrogen (secondary N) is 1. The lowest BCUT2D eigenvalue weighted by Gasteiger charge is -2.27. The summed E-state index contributed by atoms with van der Waals surface area (Å²) in [5, 5.41) is 11.1. The van der Waals surface area contributed by atoms with Gasteiger partial charge in [0.25, 0.3) is 0 Å². The lowest BCUT2D eigenvalue weighted by atomic mass is 10.2. The number of oxazole rings is 1. The van der Waals surface area contributed by atoms with Crippen LogP contribution in [0.25, 0.3) is 11.6 Å². The number of hydrogen-bond acceptors (Lipinski definition) is 5. The summed E-state index contributed by atoms with van der Waals surface area (Å²) < 4.78 is 7.20. The van der Waals surface area contributed by atoms with Gasteiger partial charge in [-0.3, -0.25) is 0 Å². The van der Waals surface area contributed by atoms with E-state index in [0.29, 0.717) is 11.9 Å². The van der Waals surface area contributed by atoms with Crippen molar-refractivity contribution in [2.24, 2.45) is 0 Å². The minimum Gasteiger partial charge on any atom is -0.443 e. The average molecular weight is 205 g/mol. The lowest BCUT2D eigenvalue weighted by Crippen LogP contribution is -2.44. The van der Waals surface area contributed by atoms with E-state index in [-0.39, 0.29) is 0 Å². The zero-order valence-corrected chi connectivity index (χ0v) is 8.34. The van der Waals surface area contributed by atoms with Gasteiger partial charge >= 0.3 is 0 Å². The van der Waals surface area contributed by atoms with Gasteiger partial charge in [0, 0.05) is 13.1 Å². The highest BCUT2D eigenvalue weighted by molar-refractivity contribution is 5.45. The van der Waals surface area contributed by atoms with E-state index in [9.17, 15) is 0 Å². The van der Waals surface area contributed by atoms with E-state index in [1.807, 2.05) is 11.6 Å². The lowest BCUT2D eigenvalue weighted by molar-refractivity contribution is 0.313. The molecule has 0 aromatic carbocycles. The fourth-order valence-corrected chi connectivity index (χ4v) is 1.58. The van der Waals surface area contributed by atoms with Gasteiger partial charge < -0.3 is 9.73 Å². The predicted octanol–water partition coefficient (Wildman–Crippen LogP) is 0.386. The molecule has 1 aliphatic rings. The van der Waals surface area contributed by atoms with Crippen molar-refractivity contribution in [3.05, 3.63) is 18.2 Å². The van der Waals surface area contributed by atoms with Crippen molar-refractivity contribution in [2.45, 2.75) is 13.0 Å². The molecule has 0 aliphatic carbocycles. The molecule has 2 aromatic heterocycles. The van der Waals surface area contributed by atoms with Gasteiger partial charge in [-0.25, -0.2) is 9.67 Å². The summed E-state index contributed by atoms with van der Waals surface area (Å²) in [6.07, 6.45) is 3.31. The molecular weight excluding hydrogens is 194 g/mol. The first-order valence-corrected chi connectivity index (χ1v) is 4.88. The second-order valence-corrected chi connectivity index (χ2v) is 3.67. The second-order valence-electron chi connectivity index (χ2n) is 3.67. The highest BCUT2D eigenvalue weighted by Gasteiger charge is 2.24. The summed E-state index contributed by atoms with van der Waals surface area (Å²) in [6, 6.07) is 0.370. The third kappa shape index (κ3) is 1.33. The molecule has 1 saturated heterocycles. The van der Waals surface area contributed by atoms with Crippen LogP contribution >= 0.6 is 0 Å². The summed E-state index contributed by atoms with van der Waals surface area (Å²) >= 11 is 0. The SMILES string of the molecule is Cc1coc(-c2cnnn2C2CNC2)n1. The Morgan fingerprint density at radius 2 is 2.40 bits per heavy atom. The molecule has 1 N–H and O–H groups in total. The molecule has 0 radical (unpaired) electrons. The van der Waals surface area contributed by atoms with E-state index in [4.69, 9.17) is 4.42 Å². The van der Waals surface area contributed by atoms with Gasteiger partial charge in [0.1, 0.15) is 12.0 Å². The Morgan fingerprint density at radius 1 is 1.53 bits per heavy atom. The van der Waals surface area contributed by atoms with Gasteiger partial charge in [0.2, 0.25) is 5.89 Å². The normalized spacial score (nSPS) is 16.6. The Balaban J connectivity index is 2.00. The smallest absolute Gasteiger partial charge is 0.246 e. The minimum atomic E-state index is 0.370. The van der Waals surface area contributed by atoms with Gasteiger partial charge in [0.15, 0.2) is 0 Å². The van der Waals surface area contributed by atoms with E-state index in [1.165, 1.54) is 0 Å². The maximum absolute atomic E-state index is 5.34. The molecule has 6 nitrogen and oxygen atoms in total. The number of nitrogens with zero attached hydrogens (tertiary/aromatic N) is 4. The van der Waals surface area contributed by atoms with Crippen molar-refractivity contribution >= 4 is 0 Å². The van der Waals surface area contributed by atoms with Crippen molar-refractivity contribution in [3.8, 4) is 11.6 Å². The predicted molar refractivity (Wildman–Crippen MR) is 52.2 cm³/mol. The highest BCUT2D eigenvalue weighted by Crippen LogP contribution is 2.21. The molecule has 3 rings (SSSR count). The van der Waals surface area contributed by atoms with Crippen LogP contribution in [-0.2, 0) is 0 Å². The van der Waals surface area contributed by atoms with E-state index in [1.54, 1.807) is 12.5 Å². The van der Waals surface area contributed by atoms with Crippen LogP contribution in [0, 0.1) is 6.92 Å². The molecule has 0 atom stereocenters. The molecule has 3 heterocycles. The third-order valence-corrected chi connectivity index (χ3v) is 2.52. The van der Waals surface area contributed by atoms with E-state index >= 15 is 0 Å². The van der Waals surface area contributed by atoms with Crippen LogP contribution in [0.5, 0.6) is 0 Å².